The van der Waals surface area contributed by atoms with E-state index < -0.39 is 97.0 Å². The molecule has 0 radical (unpaired) electrons. The van der Waals surface area contributed by atoms with E-state index in [2.05, 4.69) is 113 Å². The molecule has 5 aliphatic heterocycles. The second-order valence-corrected chi connectivity index (χ2v) is 38.1. The first-order valence-electron chi connectivity index (χ1n) is 50.4. The monoisotopic (exact) mass is 1890 g/mol. The molecule has 5 rings (SSSR count). The van der Waals surface area contributed by atoms with E-state index >= 15 is 0 Å². The van der Waals surface area contributed by atoms with Crippen molar-refractivity contribution in [3.05, 3.63) is 0 Å². The first-order valence-corrected chi connectivity index (χ1v) is 49.7. The van der Waals surface area contributed by atoms with Crippen LogP contribution in [0.4, 0.5) is 0 Å². The minimum Gasteiger partial charge on any atom is -0.463 e. The number of ketones is 1. The van der Waals surface area contributed by atoms with Crippen LogP contribution in [0, 0.1) is 71.0 Å². The van der Waals surface area contributed by atoms with E-state index in [0.29, 0.717) is 142 Å². The summed E-state index contributed by atoms with van der Waals surface area (Å²) in [4.78, 5) is 184. The molecular weight excluding hydrogens is 1720 g/mol. The van der Waals surface area contributed by atoms with Crippen molar-refractivity contribution in [3.8, 4) is 0 Å². The van der Waals surface area contributed by atoms with Crippen LogP contribution in [0.3, 0.4) is 0 Å². The van der Waals surface area contributed by atoms with Crippen LogP contribution in [0.5, 0.6) is 0 Å². The average Bonchev–Trinajstić information content (AvgIpc) is 1.20. The summed E-state index contributed by atoms with van der Waals surface area (Å²) in [6.45, 7) is 34.5. The molecule has 5 saturated heterocycles. The number of nitrogens with zero attached hydrogens (tertiary/aromatic N) is 1. The summed E-state index contributed by atoms with van der Waals surface area (Å²) in [5.74, 6) is -3.44. The number of hydrogen-bond acceptors (Lipinski definition) is 27. The second kappa shape index (κ2) is 63.0. The lowest BCUT2D eigenvalue weighted by Crippen LogP contribution is -2.53. The van der Waals surface area contributed by atoms with Crippen molar-refractivity contribution in [1.29, 1.82) is 0 Å². The van der Waals surface area contributed by atoms with E-state index in [0.717, 1.165) is 0 Å². The van der Waals surface area contributed by atoms with Crippen molar-refractivity contribution in [1.82, 2.24) is 42.1 Å². The van der Waals surface area contributed by atoms with E-state index in [4.69, 9.17) is 62.9 Å². The first-order chi connectivity index (χ1) is 63.8. The summed E-state index contributed by atoms with van der Waals surface area (Å²) in [6.07, 6.45) is 5.41. The highest BCUT2D eigenvalue weighted by molar-refractivity contribution is 5.92. The van der Waals surface area contributed by atoms with E-state index in [1.807, 2.05) is 6.92 Å². The van der Waals surface area contributed by atoms with Crippen LogP contribution >= 0.6 is 0 Å². The van der Waals surface area contributed by atoms with Gasteiger partial charge < -0.3 is 108 Å². The molecule has 0 bridgehead atoms. The Labute approximate surface area is 792 Å². The summed E-state index contributed by atoms with van der Waals surface area (Å²) in [6, 6.07) is -3.67. The zero-order valence-electron chi connectivity index (χ0n) is 84.1. The summed E-state index contributed by atoms with van der Waals surface area (Å²) >= 11 is 0. The second-order valence-electron chi connectivity index (χ2n) is 38.1. The smallest absolute Gasteiger partial charge is 0.306 e. The van der Waals surface area contributed by atoms with Gasteiger partial charge in [0, 0.05) is 156 Å². The fraction of sp³-hybridized carbons (Fsp3) is 0.857. The molecule has 11 unspecified atom stereocenters. The van der Waals surface area contributed by atoms with Gasteiger partial charge >= 0.3 is 29.8 Å². The lowest BCUT2D eigenvalue weighted by Gasteiger charge is -2.43. The van der Waals surface area contributed by atoms with E-state index in [9.17, 15) is 67.1 Å². The van der Waals surface area contributed by atoms with Crippen LogP contribution in [0.15, 0.2) is 0 Å². The lowest BCUT2D eigenvalue weighted by molar-refractivity contribution is -0.255. The Bertz CT molecular complexity index is 3590. The number of esters is 5. The quantitative estimate of drug-likeness (QED) is 0.0169. The van der Waals surface area contributed by atoms with Gasteiger partial charge in [0.25, 0.3) is 0 Å². The molecule has 5 heterocycles. The van der Waals surface area contributed by atoms with Gasteiger partial charge in [-0.05, 0) is 183 Å². The van der Waals surface area contributed by atoms with Crippen LogP contribution in [0.2, 0.25) is 0 Å². The normalized spacial score (nSPS) is 27.6. The average molecular weight is 1890 g/mol. The van der Waals surface area contributed by atoms with E-state index in [1.165, 1.54) is 34.6 Å². The van der Waals surface area contributed by atoms with Crippen LogP contribution in [-0.2, 0) is 129 Å². The molecular formula is C98H168N8O27. The summed E-state index contributed by atoms with van der Waals surface area (Å²) < 4.78 is 84.6. The number of likely N-dealkylation sites (tertiary alicyclic amines) is 1. The fourth-order valence-electron chi connectivity index (χ4n) is 17.5. The number of carbonyl (C=O) groups excluding carboxylic acids is 14. The zero-order valence-corrected chi connectivity index (χ0v) is 83.1. The molecule has 5 aliphatic rings. The zero-order chi connectivity index (χ0) is 98.9. The highest BCUT2D eigenvalue weighted by Crippen LogP contribution is 2.40. The predicted octanol–water partition coefficient (Wildman–Crippen LogP) is 10.4. The molecule has 25 atom stereocenters. The Kier molecular flexibility index (Phi) is 54.1. The topological polar surface area (TPSA) is 446 Å². The molecule has 8 amide bonds. The van der Waals surface area contributed by atoms with Crippen LogP contribution in [0.1, 0.15) is 306 Å². The van der Waals surface area contributed by atoms with Gasteiger partial charge in [0.2, 0.25) is 47.3 Å². The Balaban J connectivity index is 1.26. The van der Waals surface area contributed by atoms with Crippen molar-refractivity contribution in [2.24, 2.45) is 71.0 Å². The van der Waals surface area contributed by atoms with Crippen LogP contribution < -0.4 is 37.2 Å². The number of rotatable bonds is 63. The van der Waals surface area contributed by atoms with Crippen LogP contribution in [-0.4, -0.2) is 253 Å². The number of nitrogens with one attached hydrogen (secondary N) is 7. The maximum atomic E-state index is 14.9. The molecule has 0 aromatic carbocycles. The first kappa shape index (κ1) is 114. The minimum absolute atomic E-state index is 0.0234. The van der Waals surface area contributed by atoms with Crippen molar-refractivity contribution in [2.45, 2.75) is 384 Å². The van der Waals surface area contributed by atoms with Gasteiger partial charge in [-0.2, -0.15) is 0 Å². The molecule has 133 heavy (non-hydrogen) atoms. The van der Waals surface area contributed by atoms with Crippen molar-refractivity contribution < 1.29 is 130 Å². The molecule has 762 valence electrons. The molecule has 0 spiro atoms. The maximum absolute atomic E-state index is 14.9. The Morgan fingerprint density at radius 3 is 0.970 bits per heavy atom. The third kappa shape index (κ3) is 43.8. The predicted molar refractivity (Wildman–Crippen MR) is 494 cm³/mol. The van der Waals surface area contributed by atoms with Gasteiger partial charge in [0.15, 0.2) is 25.2 Å². The highest BCUT2D eigenvalue weighted by atomic mass is 16.7. The molecule has 35 nitrogen and oxygen atoms in total. The SMILES string of the molecule is [2H]C[C@@H]1C[C@@H](OC(=O)CCC(C)=O)CN1C(=O)CCCCCNC(=O)C(CCCCNC(=O)C(CCCCNC(=O)CCCCO[C@@H]1OC(COC(C)=O)[C@H](C)C(C)[C@@H]1C)NC(=O)CCCCO[C@@H]1OC(COC(C)=O)[C@H](C)C(C)[C@@H]1C)NC(=O)C(CCCCNC(=O)CCCCO[C@@H]1OC(COC(C)=O)[C@H](C)C(C)[C@@H]1C)NC(=O)CCCCO[C@@H]1OC(COC(C)=O)[C@H](C)C(C)[C@@H]1C. The van der Waals surface area contributed by atoms with E-state index in [-0.39, 0.29) is 267 Å². The van der Waals surface area contributed by atoms with E-state index in [1.54, 1.807) is 4.90 Å². The molecule has 0 aromatic heterocycles. The van der Waals surface area contributed by atoms with Gasteiger partial charge in [-0.3, -0.25) is 62.3 Å². The number of carbonyl (C=O) groups is 14. The lowest BCUT2D eigenvalue weighted by atomic mass is 9.79. The van der Waals surface area contributed by atoms with Crippen LogP contribution in [0.25, 0.3) is 0 Å². The molecule has 5 fully saturated rings. The summed E-state index contributed by atoms with van der Waals surface area (Å²) in [7, 11) is 0. The number of ether oxygens (including phenoxy) is 13. The number of hydrogen-bond donors (Lipinski definition) is 7. The standard InChI is InChI=1S/C98H168N8O27/c1-60-54-78(129-91(117)45-44-61(2)107)55-106(60)90(116)43-20-19-28-48-101-93(119)80(105-94(120)81(104-89(115)42-27-35-53-124-98-73(14)65(6)69(10)85(133-98)59-128-77(18)111)38-22-30-47-100-87(113)40-25-33-51-122-96-71(12)63(4)67(8)83(131-96)57-126-75(16)109)37-23-31-49-102-92(118)79(103-88(114)41-26-34-52-123-97-72(13)64(5)68(9)84(132-97)58-127-76(17)110)36-21-29-46-99-86(112)39-24-32-50-121-95-70(11)62(3)66(7)82(130-95)56-125-74(15)108/h60,62-73,78-85,95-98H,19-59H2,1-18H3,(H,99,112)(H,100,113)(H,101,119)(H,102,118)(H,103,114)(H,104,115)(H,105,120)/t60-,62?,63?,64?,65?,66-,67-,68-,69-,70+,71+,72+,73+,78-,79?,80?,81?,82?,83?,84?,85?,95-,96-,97-,98-/m1/s1/i1D. The van der Waals surface area contributed by atoms with Gasteiger partial charge in [-0.25, -0.2) is 0 Å². The molecule has 0 aromatic rings. The Hall–Kier alpha value is -7.54. The number of Topliss-reactive ketones (excluding diaryl/α,β-unsaturated/α-hetero) is 1. The van der Waals surface area contributed by atoms with Gasteiger partial charge in [0.05, 0.1) is 37.4 Å². The fourth-order valence-corrected chi connectivity index (χ4v) is 17.5. The Morgan fingerprint density at radius 2 is 0.639 bits per heavy atom. The third-order valence-corrected chi connectivity index (χ3v) is 27.7. The third-order valence-electron chi connectivity index (χ3n) is 27.7. The largest absolute Gasteiger partial charge is 0.463 e. The maximum Gasteiger partial charge on any atom is 0.306 e. The van der Waals surface area contributed by atoms with Gasteiger partial charge in [-0.1, -0.05) is 89.5 Å². The van der Waals surface area contributed by atoms with Crippen molar-refractivity contribution in [2.75, 3.05) is 85.6 Å². The number of amides is 8. The summed E-state index contributed by atoms with van der Waals surface area (Å²) in [5, 5.41) is 20.7. The molecule has 0 aliphatic carbocycles. The van der Waals surface area contributed by atoms with Gasteiger partial charge in [0.1, 0.15) is 56.4 Å². The summed E-state index contributed by atoms with van der Waals surface area (Å²) in [5.41, 5.74) is 0. The highest BCUT2D eigenvalue weighted by Gasteiger charge is 2.45. The molecule has 0 saturated carbocycles. The minimum atomic E-state index is -1.14. The van der Waals surface area contributed by atoms with Gasteiger partial charge in [-0.15, -0.1) is 0 Å². The van der Waals surface area contributed by atoms with Crippen molar-refractivity contribution in [3.63, 3.8) is 0 Å². The number of unbranched alkanes of at least 4 members (excludes halogenated alkanes) is 9. The molecule has 35 heteroatoms. The molecule has 7 N–H and O–H groups in total. The Morgan fingerprint density at radius 1 is 0.331 bits per heavy atom. The van der Waals surface area contributed by atoms with Crippen molar-refractivity contribution >= 4 is 82.9 Å².